The number of nitrogens with zero attached hydrogens (tertiary/aromatic N) is 3. The molecular weight excluding hydrogens is 327 g/mol. The molecule has 2 heterocycles. The molecule has 1 N–H and O–H groups in total. The summed E-state index contributed by atoms with van der Waals surface area (Å²) in [7, 11) is 0. The molecule has 2 aromatic heterocycles. The van der Waals surface area contributed by atoms with Crippen LogP contribution in [-0.4, -0.2) is 14.8 Å². The van der Waals surface area contributed by atoms with E-state index in [1.807, 2.05) is 34.9 Å². The second kappa shape index (κ2) is 6.05. The number of benzene rings is 1. The highest BCUT2D eigenvalue weighted by atomic mass is 35.5. The summed E-state index contributed by atoms with van der Waals surface area (Å²) in [6, 6.07) is 9.97. The number of nitrogens with one attached hydrogen (secondary N) is 1. The molecule has 0 saturated heterocycles. The van der Waals surface area contributed by atoms with Gasteiger partial charge in [-0.1, -0.05) is 29.3 Å². The SMILES string of the molecule is CC(Nc1cccc(-n2cnnc2)c1)c1cc(Cl)sc1Cl. The van der Waals surface area contributed by atoms with Gasteiger partial charge in [-0.05, 0) is 31.2 Å². The fourth-order valence-electron chi connectivity index (χ4n) is 2.07. The van der Waals surface area contributed by atoms with Gasteiger partial charge in [-0.25, -0.2) is 0 Å². The number of halogens is 2. The minimum Gasteiger partial charge on any atom is -0.378 e. The monoisotopic (exact) mass is 338 g/mol. The molecule has 0 bridgehead atoms. The van der Waals surface area contributed by atoms with Crippen LogP contribution in [0.3, 0.4) is 0 Å². The summed E-state index contributed by atoms with van der Waals surface area (Å²) in [6.07, 6.45) is 3.33. The molecule has 108 valence electrons. The van der Waals surface area contributed by atoms with Crippen LogP contribution in [0.4, 0.5) is 5.69 Å². The summed E-state index contributed by atoms with van der Waals surface area (Å²) in [5, 5.41) is 11.0. The van der Waals surface area contributed by atoms with Gasteiger partial charge in [0.05, 0.1) is 20.4 Å². The summed E-state index contributed by atoms with van der Waals surface area (Å²) in [6.45, 7) is 2.05. The third-order valence-electron chi connectivity index (χ3n) is 3.10. The van der Waals surface area contributed by atoms with Crippen LogP contribution in [0.1, 0.15) is 18.5 Å². The lowest BCUT2D eigenvalue weighted by Crippen LogP contribution is -2.06. The Morgan fingerprint density at radius 3 is 2.62 bits per heavy atom. The maximum Gasteiger partial charge on any atom is 0.123 e. The molecule has 0 aliphatic carbocycles. The molecule has 3 aromatic rings. The Morgan fingerprint density at radius 1 is 1.19 bits per heavy atom. The molecule has 1 aromatic carbocycles. The van der Waals surface area contributed by atoms with Crippen LogP contribution in [0.2, 0.25) is 8.67 Å². The van der Waals surface area contributed by atoms with Gasteiger partial charge in [0.1, 0.15) is 12.7 Å². The summed E-state index contributed by atoms with van der Waals surface area (Å²) in [5.41, 5.74) is 2.99. The van der Waals surface area contributed by atoms with Crippen molar-refractivity contribution in [1.82, 2.24) is 14.8 Å². The zero-order chi connectivity index (χ0) is 14.8. The van der Waals surface area contributed by atoms with Crippen molar-refractivity contribution >= 4 is 40.2 Å². The normalized spacial score (nSPS) is 12.3. The minimum absolute atomic E-state index is 0.0670. The van der Waals surface area contributed by atoms with E-state index in [4.69, 9.17) is 23.2 Å². The minimum atomic E-state index is 0.0670. The third-order valence-corrected chi connectivity index (χ3v) is 4.61. The first kappa shape index (κ1) is 14.4. The van der Waals surface area contributed by atoms with Crippen molar-refractivity contribution in [2.24, 2.45) is 0 Å². The molecule has 0 radical (unpaired) electrons. The molecular formula is C14H12Cl2N4S. The van der Waals surface area contributed by atoms with Crippen molar-refractivity contribution in [2.45, 2.75) is 13.0 Å². The molecule has 0 aliphatic rings. The van der Waals surface area contributed by atoms with Crippen LogP contribution in [0.15, 0.2) is 43.0 Å². The van der Waals surface area contributed by atoms with Crippen LogP contribution in [0.5, 0.6) is 0 Å². The third kappa shape index (κ3) is 3.20. The van der Waals surface area contributed by atoms with E-state index in [2.05, 4.69) is 22.4 Å². The van der Waals surface area contributed by atoms with Crippen molar-refractivity contribution in [2.75, 3.05) is 5.32 Å². The van der Waals surface area contributed by atoms with E-state index < -0.39 is 0 Å². The highest BCUT2D eigenvalue weighted by Gasteiger charge is 2.13. The standard InChI is InChI=1S/C14H12Cl2N4S/c1-9(12-6-13(15)21-14(12)16)19-10-3-2-4-11(5-10)20-7-17-18-8-20/h2-9,19H,1H3. The average Bonchev–Trinajstić information content (AvgIpc) is 3.08. The Kier molecular flexibility index (Phi) is 4.14. The summed E-state index contributed by atoms with van der Waals surface area (Å²) in [5.74, 6) is 0. The highest BCUT2D eigenvalue weighted by Crippen LogP contribution is 2.36. The van der Waals surface area contributed by atoms with Gasteiger partial charge in [0.15, 0.2) is 0 Å². The molecule has 0 amide bonds. The van der Waals surface area contributed by atoms with E-state index in [-0.39, 0.29) is 6.04 Å². The molecule has 0 spiro atoms. The highest BCUT2D eigenvalue weighted by molar-refractivity contribution is 7.20. The maximum atomic E-state index is 6.19. The van der Waals surface area contributed by atoms with E-state index in [1.54, 1.807) is 12.7 Å². The van der Waals surface area contributed by atoms with Crippen molar-refractivity contribution in [1.29, 1.82) is 0 Å². The fraction of sp³-hybridized carbons (Fsp3) is 0.143. The van der Waals surface area contributed by atoms with Gasteiger partial charge in [0.25, 0.3) is 0 Å². The van der Waals surface area contributed by atoms with Crippen molar-refractivity contribution in [3.63, 3.8) is 0 Å². The van der Waals surface area contributed by atoms with Crippen LogP contribution in [0, 0.1) is 0 Å². The molecule has 1 atom stereocenters. The quantitative estimate of drug-likeness (QED) is 0.742. The lowest BCUT2D eigenvalue weighted by molar-refractivity contribution is 0.890. The smallest absolute Gasteiger partial charge is 0.123 e. The Bertz CT molecular complexity index is 739. The van der Waals surface area contributed by atoms with E-state index in [0.717, 1.165) is 21.3 Å². The molecule has 0 fully saturated rings. The number of aromatic nitrogens is 3. The zero-order valence-electron chi connectivity index (χ0n) is 11.1. The number of rotatable bonds is 4. The predicted octanol–water partition coefficient (Wildman–Crippen LogP) is 4.81. The van der Waals surface area contributed by atoms with Gasteiger partial charge in [-0.2, -0.15) is 0 Å². The van der Waals surface area contributed by atoms with Crippen LogP contribution >= 0.6 is 34.5 Å². The molecule has 7 heteroatoms. The van der Waals surface area contributed by atoms with Crippen LogP contribution in [0.25, 0.3) is 5.69 Å². The van der Waals surface area contributed by atoms with Crippen LogP contribution < -0.4 is 5.32 Å². The van der Waals surface area contributed by atoms with Crippen LogP contribution in [-0.2, 0) is 0 Å². The molecule has 1 unspecified atom stereocenters. The van der Waals surface area contributed by atoms with Gasteiger partial charge >= 0.3 is 0 Å². The molecule has 0 saturated carbocycles. The molecule has 0 aliphatic heterocycles. The Labute approximate surface area is 136 Å². The van der Waals surface area contributed by atoms with Gasteiger partial charge in [0.2, 0.25) is 0 Å². The maximum absolute atomic E-state index is 6.19. The lowest BCUT2D eigenvalue weighted by atomic mass is 10.1. The number of hydrogen-bond donors (Lipinski definition) is 1. The Balaban J connectivity index is 1.82. The molecule has 3 rings (SSSR count). The first-order valence-electron chi connectivity index (χ1n) is 6.30. The second-order valence-electron chi connectivity index (χ2n) is 4.57. The van der Waals surface area contributed by atoms with Gasteiger partial charge in [0, 0.05) is 11.3 Å². The Hall–Kier alpha value is -1.56. The fourth-order valence-corrected chi connectivity index (χ4v) is 3.71. The largest absolute Gasteiger partial charge is 0.378 e. The van der Waals surface area contributed by atoms with Gasteiger partial charge in [-0.15, -0.1) is 21.5 Å². The van der Waals surface area contributed by atoms with Crippen molar-refractivity contribution in [3.8, 4) is 5.69 Å². The first-order chi connectivity index (χ1) is 10.1. The lowest BCUT2D eigenvalue weighted by Gasteiger charge is -2.15. The van der Waals surface area contributed by atoms with Gasteiger partial charge < -0.3 is 5.32 Å². The molecule has 21 heavy (non-hydrogen) atoms. The van der Waals surface area contributed by atoms with E-state index in [1.165, 1.54) is 11.3 Å². The number of hydrogen-bond acceptors (Lipinski definition) is 4. The summed E-state index contributed by atoms with van der Waals surface area (Å²) >= 11 is 13.6. The van der Waals surface area contributed by atoms with E-state index >= 15 is 0 Å². The summed E-state index contributed by atoms with van der Waals surface area (Å²) < 4.78 is 3.27. The summed E-state index contributed by atoms with van der Waals surface area (Å²) in [4.78, 5) is 0. The number of anilines is 1. The zero-order valence-corrected chi connectivity index (χ0v) is 13.5. The van der Waals surface area contributed by atoms with Crippen molar-refractivity contribution in [3.05, 3.63) is 57.2 Å². The first-order valence-corrected chi connectivity index (χ1v) is 7.87. The van der Waals surface area contributed by atoms with Crippen molar-refractivity contribution < 1.29 is 0 Å². The Morgan fingerprint density at radius 2 is 1.95 bits per heavy atom. The van der Waals surface area contributed by atoms with Gasteiger partial charge in [-0.3, -0.25) is 4.57 Å². The van der Waals surface area contributed by atoms with E-state index in [9.17, 15) is 0 Å². The second-order valence-corrected chi connectivity index (χ2v) is 6.85. The number of thiophene rings is 1. The topological polar surface area (TPSA) is 42.7 Å². The predicted molar refractivity (Wildman–Crippen MR) is 87.7 cm³/mol. The average molecular weight is 339 g/mol. The molecule has 4 nitrogen and oxygen atoms in total. The van der Waals surface area contributed by atoms with E-state index in [0.29, 0.717) is 4.34 Å².